The van der Waals surface area contributed by atoms with Gasteiger partial charge >= 0.3 is 0 Å². The van der Waals surface area contributed by atoms with Crippen molar-refractivity contribution in [2.75, 3.05) is 5.73 Å². The van der Waals surface area contributed by atoms with Gasteiger partial charge in [0.2, 0.25) is 5.89 Å². The number of hydrogen-bond acceptors (Lipinski definition) is 5. The topological polar surface area (TPSA) is 82.8 Å². The molecule has 0 aliphatic heterocycles. The van der Waals surface area contributed by atoms with Crippen LogP contribution in [-0.4, -0.2) is 20.0 Å². The van der Waals surface area contributed by atoms with Gasteiger partial charge in [0.05, 0.1) is 11.4 Å². The van der Waals surface area contributed by atoms with Gasteiger partial charge < -0.3 is 10.2 Å². The Morgan fingerprint density at radius 3 is 2.61 bits per heavy atom. The molecular weight excluding hydrogens is 230 g/mol. The Balaban J connectivity index is 1.97. The van der Waals surface area contributed by atoms with Crippen LogP contribution in [0.15, 0.2) is 4.42 Å². The summed E-state index contributed by atoms with van der Waals surface area (Å²) >= 11 is 0. The second kappa shape index (κ2) is 4.12. The molecule has 96 valence electrons. The van der Waals surface area contributed by atoms with Gasteiger partial charge in [0.25, 0.3) is 5.89 Å². The number of nitrogens with zero attached hydrogens (tertiary/aromatic N) is 4. The highest BCUT2D eigenvalue weighted by molar-refractivity contribution is 5.68. The molecule has 1 saturated carbocycles. The highest BCUT2D eigenvalue weighted by Crippen LogP contribution is 2.35. The summed E-state index contributed by atoms with van der Waals surface area (Å²) in [6, 6.07) is 0. The van der Waals surface area contributed by atoms with Gasteiger partial charge in [-0.25, -0.2) is 0 Å². The smallest absolute Gasteiger partial charge is 0.268 e. The van der Waals surface area contributed by atoms with E-state index >= 15 is 0 Å². The zero-order chi connectivity index (χ0) is 12.7. The molecule has 0 atom stereocenters. The van der Waals surface area contributed by atoms with Crippen LogP contribution in [0, 0.1) is 6.92 Å². The molecule has 0 bridgehead atoms. The van der Waals surface area contributed by atoms with Gasteiger partial charge in [-0.05, 0) is 19.8 Å². The average molecular weight is 247 g/mol. The van der Waals surface area contributed by atoms with Crippen LogP contribution in [0.25, 0.3) is 11.6 Å². The number of nitrogen functional groups attached to an aromatic ring is 1. The van der Waals surface area contributed by atoms with Crippen molar-refractivity contribution in [1.29, 1.82) is 0 Å². The zero-order valence-corrected chi connectivity index (χ0v) is 10.7. The maximum absolute atomic E-state index is 5.99. The van der Waals surface area contributed by atoms with E-state index in [-0.39, 0.29) is 0 Å². The average Bonchev–Trinajstić information content (AvgIpc) is 3.01. The third-order valence-electron chi connectivity index (χ3n) is 3.62. The fourth-order valence-electron chi connectivity index (χ4n) is 2.60. The van der Waals surface area contributed by atoms with Gasteiger partial charge in [-0.15, -0.1) is 10.2 Å². The van der Waals surface area contributed by atoms with E-state index in [2.05, 4.69) is 15.3 Å². The van der Waals surface area contributed by atoms with Crippen molar-refractivity contribution < 1.29 is 4.42 Å². The maximum Gasteiger partial charge on any atom is 0.268 e. The summed E-state index contributed by atoms with van der Waals surface area (Å²) in [6.45, 7) is 1.87. The van der Waals surface area contributed by atoms with Crippen LogP contribution in [-0.2, 0) is 7.05 Å². The summed E-state index contributed by atoms with van der Waals surface area (Å²) in [5.74, 6) is 1.63. The SMILES string of the molecule is Cc1nn(C)c(-c2nnc(C3CCCC3)o2)c1N. The van der Waals surface area contributed by atoms with E-state index in [0.717, 1.165) is 24.4 Å². The van der Waals surface area contributed by atoms with Crippen LogP contribution in [0.3, 0.4) is 0 Å². The Morgan fingerprint density at radius 2 is 2.00 bits per heavy atom. The molecule has 1 aliphatic carbocycles. The molecule has 0 unspecified atom stereocenters. The Bertz CT molecular complexity index is 565. The lowest BCUT2D eigenvalue weighted by Crippen LogP contribution is -1.95. The Labute approximate surface area is 105 Å². The second-order valence-electron chi connectivity index (χ2n) is 4.90. The van der Waals surface area contributed by atoms with E-state index in [4.69, 9.17) is 10.2 Å². The molecule has 18 heavy (non-hydrogen) atoms. The molecule has 6 heteroatoms. The van der Waals surface area contributed by atoms with Crippen LogP contribution < -0.4 is 5.73 Å². The molecule has 1 aliphatic rings. The van der Waals surface area contributed by atoms with Crippen molar-refractivity contribution in [3.8, 4) is 11.6 Å². The molecule has 2 heterocycles. The summed E-state index contributed by atoms with van der Waals surface area (Å²) < 4.78 is 7.46. The van der Waals surface area contributed by atoms with E-state index in [1.54, 1.807) is 4.68 Å². The van der Waals surface area contributed by atoms with Crippen molar-refractivity contribution in [3.63, 3.8) is 0 Å². The Hall–Kier alpha value is -1.85. The largest absolute Gasteiger partial charge is 0.419 e. The maximum atomic E-state index is 5.99. The van der Waals surface area contributed by atoms with E-state index in [1.807, 2.05) is 14.0 Å². The highest BCUT2D eigenvalue weighted by atomic mass is 16.4. The quantitative estimate of drug-likeness (QED) is 0.877. The van der Waals surface area contributed by atoms with E-state index in [9.17, 15) is 0 Å². The number of anilines is 1. The van der Waals surface area contributed by atoms with Gasteiger partial charge in [-0.2, -0.15) is 5.10 Å². The van der Waals surface area contributed by atoms with E-state index in [0.29, 0.717) is 23.2 Å². The van der Waals surface area contributed by atoms with E-state index < -0.39 is 0 Å². The highest BCUT2D eigenvalue weighted by Gasteiger charge is 2.25. The fourth-order valence-corrected chi connectivity index (χ4v) is 2.60. The van der Waals surface area contributed by atoms with Gasteiger partial charge in [-0.1, -0.05) is 12.8 Å². The van der Waals surface area contributed by atoms with Gasteiger partial charge in [-0.3, -0.25) is 4.68 Å². The summed E-state index contributed by atoms with van der Waals surface area (Å²) in [5.41, 5.74) is 8.09. The summed E-state index contributed by atoms with van der Waals surface area (Å²) in [7, 11) is 1.83. The van der Waals surface area contributed by atoms with Crippen LogP contribution in [0.1, 0.15) is 43.2 Å². The van der Waals surface area contributed by atoms with Gasteiger partial charge in [0.1, 0.15) is 5.69 Å². The molecule has 2 N–H and O–H groups in total. The van der Waals surface area contributed by atoms with Crippen LogP contribution >= 0.6 is 0 Å². The van der Waals surface area contributed by atoms with Crippen molar-refractivity contribution in [2.45, 2.75) is 38.5 Å². The fraction of sp³-hybridized carbons (Fsp3) is 0.583. The summed E-state index contributed by atoms with van der Waals surface area (Å²) in [5, 5.41) is 12.5. The molecular formula is C12H17N5O. The Kier molecular flexibility index (Phi) is 2.57. The van der Waals surface area contributed by atoms with Crippen molar-refractivity contribution >= 4 is 5.69 Å². The minimum absolute atomic E-state index is 0.418. The molecule has 0 amide bonds. The number of nitrogens with two attached hydrogens (primary N) is 1. The number of aryl methyl sites for hydroxylation is 2. The van der Waals surface area contributed by atoms with Crippen LogP contribution in [0.2, 0.25) is 0 Å². The molecule has 0 saturated heterocycles. The first-order chi connectivity index (χ1) is 8.66. The predicted molar refractivity (Wildman–Crippen MR) is 66.9 cm³/mol. The monoisotopic (exact) mass is 247 g/mol. The summed E-state index contributed by atoms with van der Waals surface area (Å²) in [4.78, 5) is 0. The molecule has 6 nitrogen and oxygen atoms in total. The van der Waals surface area contributed by atoms with Crippen LogP contribution in [0.5, 0.6) is 0 Å². The van der Waals surface area contributed by atoms with Crippen molar-refractivity contribution in [2.24, 2.45) is 7.05 Å². The molecule has 1 fully saturated rings. The zero-order valence-electron chi connectivity index (χ0n) is 10.7. The first kappa shape index (κ1) is 11.3. The lowest BCUT2D eigenvalue weighted by atomic mass is 10.1. The standard InChI is InChI=1S/C12H17N5O/c1-7-9(13)10(17(2)16-7)12-15-14-11(18-12)8-5-3-4-6-8/h8H,3-6,13H2,1-2H3. The first-order valence-corrected chi connectivity index (χ1v) is 6.29. The third-order valence-corrected chi connectivity index (χ3v) is 3.62. The summed E-state index contributed by atoms with van der Waals surface area (Å²) in [6.07, 6.45) is 4.77. The molecule has 2 aromatic rings. The van der Waals surface area contributed by atoms with Crippen molar-refractivity contribution in [3.05, 3.63) is 11.6 Å². The number of hydrogen-bond donors (Lipinski definition) is 1. The number of aromatic nitrogens is 4. The van der Waals surface area contributed by atoms with Crippen molar-refractivity contribution in [1.82, 2.24) is 20.0 Å². The van der Waals surface area contributed by atoms with Crippen LogP contribution in [0.4, 0.5) is 5.69 Å². The second-order valence-corrected chi connectivity index (χ2v) is 4.90. The first-order valence-electron chi connectivity index (χ1n) is 6.29. The van der Waals surface area contributed by atoms with Gasteiger partial charge in [0, 0.05) is 13.0 Å². The van der Waals surface area contributed by atoms with Gasteiger partial charge in [0.15, 0.2) is 0 Å². The minimum atomic E-state index is 0.418. The minimum Gasteiger partial charge on any atom is -0.419 e. The molecule has 3 rings (SSSR count). The predicted octanol–water partition coefficient (Wildman–Crippen LogP) is 2.02. The number of rotatable bonds is 2. The molecule has 2 aromatic heterocycles. The Morgan fingerprint density at radius 1 is 1.28 bits per heavy atom. The lowest BCUT2D eigenvalue weighted by Gasteiger charge is -2.01. The normalized spacial score (nSPS) is 16.6. The molecule has 0 spiro atoms. The molecule has 0 aromatic carbocycles. The molecule has 0 radical (unpaired) electrons. The van der Waals surface area contributed by atoms with E-state index in [1.165, 1.54) is 12.8 Å². The lowest BCUT2D eigenvalue weighted by molar-refractivity contribution is 0.454. The third kappa shape index (κ3) is 1.68.